The molecule has 1 atom stereocenters. The Hall–Kier alpha value is -4.12. The molecule has 0 amide bonds. The second-order valence-electron chi connectivity index (χ2n) is 10.6. The summed E-state index contributed by atoms with van der Waals surface area (Å²) in [5.74, 6) is -1.68. The van der Waals surface area contributed by atoms with Crippen LogP contribution < -0.4 is 21.9 Å². The maximum Gasteiger partial charge on any atom is 0.331 e. The molecule has 0 bridgehead atoms. The molecular weight excluding hydrogens is 576 g/mol. The van der Waals surface area contributed by atoms with Gasteiger partial charge in [-0.1, -0.05) is 60.1 Å². The van der Waals surface area contributed by atoms with Gasteiger partial charge in [0.1, 0.15) is 17.3 Å². The van der Waals surface area contributed by atoms with Crippen molar-refractivity contribution < 1.29 is 13.6 Å². The molecule has 1 saturated heterocycles. The Morgan fingerprint density at radius 1 is 0.884 bits per heavy atom. The van der Waals surface area contributed by atoms with E-state index in [9.17, 15) is 23.2 Å². The lowest BCUT2D eigenvalue weighted by Gasteiger charge is -2.36. The summed E-state index contributed by atoms with van der Waals surface area (Å²) in [5.41, 5.74) is 6.64. The fourth-order valence-corrected chi connectivity index (χ4v) is 5.69. The molecule has 1 aromatic heterocycles. The molecule has 5 rings (SSSR count). The van der Waals surface area contributed by atoms with Crippen molar-refractivity contribution in [2.75, 3.05) is 37.6 Å². The lowest BCUT2D eigenvalue weighted by atomic mass is 10.1. The highest BCUT2D eigenvalue weighted by atomic mass is 35.5. The molecular formula is C32H32ClF2N5O3. The van der Waals surface area contributed by atoms with Crippen LogP contribution >= 0.6 is 11.6 Å². The van der Waals surface area contributed by atoms with Crippen molar-refractivity contribution >= 4 is 23.1 Å². The van der Waals surface area contributed by atoms with E-state index < -0.39 is 35.5 Å². The average molecular weight is 608 g/mol. The molecule has 224 valence electrons. The third kappa shape index (κ3) is 6.46. The fourth-order valence-electron chi connectivity index (χ4n) is 5.45. The number of aromatic nitrogens is 2. The number of anilines is 1. The predicted molar refractivity (Wildman–Crippen MR) is 163 cm³/mol. The summed E-state index contributed by atoms with van der Waals surface area (Å²) in [6, 6.07) is 18.8. The van der Waals surface area contributed by atoms with Crippen LogP contribution in [-0.2, 0) is 13.1 Å². The van der Waals surface area contributed by atoms with Crippen LogP contribution in [0.25, 0.3) is 0 Å². The van der Waals surface area contributed by atoms with Gasteiger partial charge in [0, 0.05) is 49.0 Å². The fraction of sp³-hybridized carbons (Fsp3) is 0.281. The summed E-state index contributed by atoms with van der Waals surface area (Å²) in [5, 5.41) is 0.393. The van der Waals surface area contributed by atoms with Crippen LogP contribution in [0, 0.1) is 18.6 Å². The van der Waals surface area contributed by atoms with Crippen LogP contribution in [0.4, 0.5) is 14.5 Å². The molecule has 1 aliphatic rings. The van der Waals surface area contributed by atoms with E-state index in [1.54, 1.807) is 43.3 Å². The van der Waals surface area contributed by atoms with Gasteiger partial charge in [-0.25, -0.2) is 13.6 Å². The maximum absolute atomic E-state index is 14.7. The monoisotopic (exact) mass is 607 g/mol. The third-order valence-corrected chi connectivity index (χ3v) is 8.20. The first-order chi connectivity index (χ1) is 20.7. The largest absolute Gasteiger partial charge is 0.363 e. The van der Waals surface area contributed by atoms with Crippen LogP contribution in [0.3, 0.4) is 0 Å². The van der Waals surface area contributed by atoms with Gasteiger partial charge in [-0.15, -0.1) is 0 Å². The second kappa shape index (κ2) is 13.0. The first-order valence-corrected chi connectivity index (χ1v) is 14.4. The minimum atomic E-state index is -0.789. The molecule has 43 heavy (non-hydrogen) atoms. The number of ketones is 1. The van der Waals surface area contributed by atoms with Gasteiger partial charge < -0.3 is 10.6 Å². The van der Waals surface area contributed by atoms with Gasteiger partial charge >= 0.3 is 5.69 Å². The normalized spacial score (nSPS) is 14.6. The number of benzene rings is 3. The van der Waals surface area contributed by atoms with Gasteiger partial charge in [-0.05, 0) is 36.8 Å². The summed E-state index contributed by atoms with van der Waals surface area (Å²) in [7, 11) is 0. The Morgan fingerprint density at radius 3 is 2.16 bits per heavy atom. The van der Waals surface area contributed by atoms with Crippen LogP contribution in [-0.4, -0.2) is 52.5 Å². The van der Waals surface area contributed by atoms with Crippen LogP contribution in [0.2, 0.25) is 5.02 Å². The van der Waals surface area contributed by atoms with E-state index >= 15 is 0 Å². The zero-order chi connectivity index (χ0) is 30.7. The highest BCUT2D eigenvalue weighted by molar-refractivity contribution is 6.34. The van der Waals surface area contributed by atoms with Crippen molar-refractivity contribution in [2.45, 2.75) is 26.1 Å². The van der Waals surface area contributed by atoms with Gasteiger partial charge in [0.05, 0.1) is 24.7 Å². The molecule has 3 aromatic carbocycles. The van der Waals surface area contributed by atoms with E-state index in [0.717, 1.165) is 22.3 Å². The minimum absolute atomic E-state index is 0.104. The molecule has 2 heterocycles. The molecule has 0 unspecified atom stereocenters. The van der Waals surface area contributed by atoms with Crippen molar-refractivity contribution in [1.29, 1.82) is 0 Å². The summed E-state index contributed by atoms with van der Waals surface area (Å²) in [6.07, 6.45) is 0. The number of rotatable bonds is 9. The molecule has 1 fully saturated rings. The minimum Gasteiger partial charge on any atom is -0.363 e. The topological polar surface area (TPSA) is 93.6 Å². The predicted octanol–water partition coefficient (Wildman–Crippen LogP) is 4.00. The number of carbonyl (C=O) groups excluding carboxylic acids is 1. The zero-order valence-electron chi connectivity index (χ0n) is 23.7. The van der Waals surface area contributed by atoms with E-state index in [-0.39, 0.29) is 30.1 Å². The molecule has 8 nitrogen and oxygen atoms in total. The highest BCUT2D eigenvalue weighted by Gasteiger charge is 2.27. The Labute approximate surface area is 252 Å². The number of piperazine rings is 1. The van der Waals surface area contributed by atoms with Crippen LogP contribution in [0.5, 0.6) is 0 Å². The number of nitrogens with zero attached hydrogens (tertiary/aromatic N) is 4. The van der Waals surface area contributed by atoms with Crippen LogP contribution in [0.1, 0.15) is 33.2 Å². The molecule has 0 spiro atoms. The number of hydrogen-bond acceptors (Lipinski definition) is 6. The van der Waals surface area contributed by atoms with Crippen LogP contribution in [0.15, 0.2) is 82.4 Å². The van der Waals surface area contributed by atoms with Crippen molar-refractivity contribution in [3.05, 3.63) is 133 Å². The van der Waals surface area contributed by atoms with Gasteiger partial charge in [-0.3, -0.25) is 23.6 Å². The molecule has 4 aromatic rings. The molecule has 0 aliphatic carbocycles. The summed E-state index contributed by atoms with van der Waals surface area (Å²) >= 11 is 6.20. The Kier molecular flexibility index (Phi) is 9.19. The van der Waals surface area contributed by atoms with Gasteiger partial charge in [-0.2, -0.15) is 0 Å². The quantitative estimate of drug-likeness (QED) is 0.289. The zero-order valence-corrected chi connectivity index (χ0v) is 24.4. The molecule has 2 N–H and O–H groups in total. The van der Waals surface area contributed by atoms with E-state index in [4.69, 9.17) is 17.3 Å². The second-order valence-corrected chi connectivity index (χ2v) is 11.0. The summed E-state index contributed by atoms with van der Waals surface area (Å²) in [4.78, 5) is 44.3. The van der Waals surface area contributed by atoms with E-state index in [2.05, 4.69) is 0 Å². The number of Topliss-reactive ketones (excluding diaryl/α,β-unsaturated/α-hetero) is 1. The van der Waals surface area contributed by atoms with Crippen molar-refractivity contribution in [1.82, 2.24) is 14.0 Å². The van der Waals surface area contributed by atoms with E-state index in [1.807, 2.05) is 28.0 Å². The third-order valence-electron chi connectivity index (χ3n) is 7.87. The molecule has 11 heteroatoms. The lowest BCUT2D eigenvalue weighted by molar-refractivity contribution is 0.0926. The average Bonchev–Trinajstić information content (AvgIpc) is 3.00. The Bertz CT molecular complexity index is 1730. The highest BCUT2D eigenvalue weighted by Crippen LogP contribution is 2.21. The van der Waals surface area contributed by atoms with Crippen molar-refractivity contribution in [2.24, 2.45) is 5.73 Å². The maximum atomic E-state index is 14.7. The molecule has 0 radical (unpaired) electrons. The Balaban J connectivity index is 1.47. The van der Waals surface area contributed by atoms with Crippen molar-refractivity contribution in [3.63, 3.8) is 0 Å². The number of carbonyl (C=O) groups is 1. The van der Waals surface area contributed by atoms with Gasteiger partial charge in [0.15, 0.2) is 5.78 Å². The molecule has 0 saturated carbocycles. The number of nitrogens with two attached hydrogens (primary N) is 1. The van der Waals surface area contributed by atoms with Crippen molar-refractivity contribution in [3.8, 4) is 0 Å². The first-order valence-electron chi connectivity index (χ1n) is 14.0. The summed E-state index contributed by atoms with van der Waals surface area (Å²) < 4.78 is 31.6. The lowest BCUT2D eigenvalue weighted by Crippen LogP contribution is -2.52. The number of halogens is 3. The standard InChI is InChI=1S/C32H32ClF2N5O3/c1-21-30(38-16-14-37(15-17-38)20-29(41)23-10-5-6-11-25(23)33)31(42)40(19-28(36)22-8-3-2-4-9-22)32(43)39(21)18-24-26(34)12-7-13-27(24)35/h2-13,28H,14-20,36H2,1H3/t28-/m0/s1. The van der Waals surface area contributed by atoms with Gasteiger partial charge in [0.25, 0.3) is 5.56 Å². The number of hydrogen-bond donors (Lipinski definition) is 1. The molecule has 1 aliphatic heterocycles. The first kappa shape index (κ1) is 30.3. The van der Waals surface area contributed by atoms with Gasteiger partial charge in [0.2, 0.25) is 0 Å². The summed E-state index contributed by atoms with van der Waals surface area (Å²) in [6.45, 7) is 2.97. The SMILES string of the molecule is Cc1c(N2CCN(CC(=O)c3ccccc3Cl)CC2)c(=O)n(C[C@H](N)c2ccccc2)c(=O)n1Cc1c(F)cccc1F. The smallest absolute Gasteiger partial charge is 0.331 e. The van der Waals surface area contributed by atoms with E-state index in [0.29, 0.717) is 42.5 Å². The Morgan fingerprint density at radius 2 is 1.51 bits per heavy atom. The van der Waals surface area contributed by atoms with E-state index in [1.165, 1.54) is 10.6 Å².